The fraction of sp³-hybridized carbons (Fsp3) is 0.182. The van der Waals surface area contributed by atoms with Crippen LogP contribution >= 0.6 is 0 Å². The standard InChI is InChI=1S/C22H23N5O4/c1-15(27-14-23-13-24-27)22(29)26-18-7-5-17(6-8-18)25-21(28)11-4-16-12-19(30-2)9-10-20(16)31-3/h4-15H,1-3H3,(H,25,28)(H,26,29)/b11-4+. The van der Waals surface area contributed by atoms with E-state index < -0.39 is 6.04 Å². The normalized spacial score (nSPS) is 11.7. The summed E-state index contributed by atoms with van der Waals surface area (Å²) in [5.74, 6) is 0.764. The van der Waals surface area contributed by atoms with Gasteiger partial charge in [0.2, 0.25) is 11.8 Å². The molecule has 0 saturated carbocycles. The molecule has 0 aliphatic heterocycles. The zero-order chi connectivity index (χ0) is 22.2. The third kappa shape index (κ3) is 5.69. The van der Waals surface area contributed by atoms with Gasteiger partial charge in [0.05, 0.1) is 14.2 Å². The number of amides is 2. The van der Waals surface area contributed by atoms with Crippen LogP contribution < -0.4 is 20.1 Å². The smallest absolute Gasteiger partial charge is 0.249 e. The predicted molar refractivity (Wildman–Crippen MR) is 117 cm³/mol. The first kappa shape index (κ1) is 21.6. The number of nitrogens with zero attached hydrogens (tertiary/aromatic N) is 3. The van der Waals surface area contributed by atoms with Crippen LogP contribution in [0.2, 0.25) is 0 Å². The van der Waals surface area contributed by atoms with Crippen molar-refractivity contribution < 1.29 is 19.1 Å². The summed E-state index contributed by atoms with van der Waals surface area (Å²) in [6, 6.07) is 11.6. The molecule has 1 heterocycles. The van der Waals surface area contributed by atoms with Crippen molar-refractivity contribution in [1.29, 1.82) is 0 Å². The lowest BCUT2D eigenvalue weighted by atomic mass is 10.1. The number of anilines is 2. The van der Waals surface area contributed by atoms with Crippen LogP contribution in [0.4, 0.5) is 11.4 Å². The molecule has 0 fully saturated rings. The van der Waals surface area contributed by atoms with E-state index in [1.807, 2.05) is 0 Å². The maximum atomic E-state index is 12.3. The van der Waals surface area contributed by atoms with Gasteiger partial charge in [0.1, 0.15) is 30.2 Å². The third-order valence-corrected chi connectivity index (χ3v) is 4.48. The van der Waals surface area contributed by atoms with Crippen LogP contribution in [0.5, 0.6) is 11.5 Å². The van der Waals surface area contributed by atoms with Gasteiger partial charge in [-0.25, -0.2) is 9.67 Å². The van der Waals surface area contributed by atoms with Crippen molar-refractivity contribution in [2.75, 3.05) is 24.9 Å². The molecule has 1 atom stereocenters. The average Bonchev–Trinajstić information content (AvgIpc) is 3.33. The number of hydrogen-bond donors (Lipinski definition) is 2. The molecule has 2 amide bonds. The second-order valence-corrected chi connectivity index (χ2v) is 6.55. The van der Waals surface area contributed by atoms with E-state index in [-0.39, 0.29) is 11.8 Å². The molecule has 2 N–H and O–H groups in total. The van der Waals surface area contributed by atoms with Gasteiger partial charge in [0.25, 0.3) is 0 Å². The van der Waals surface area contributed by atoms with E-state index >= 15 is 0 Å². The van der Waals surface area contributed by atoms with Gasteiger partial charge in [0.15, 0.2) is 0 Å². The molecule has 1 aromatic heterocycles. The number of hydrogen-bond acceptors (Lipinski definition) is 6. The fourth-order valence-electron chi connectivity index (χ4n) is 2.74. The highest BCUT2D eigenvalue weighted by atomic mass is 16.5. The Labute approximate surface area is 179 Å². The summed E-state index contributed by atoms with van der Waals surface area (Å²) >= 11 is 0. The van der Waals surface area contributed by atoms with Crippen molar-refractivity contribution in [3.8, 4) is 11.5 Å². The SMILES string of the molecule is COc1ccc(OC)c(/C=C/C(=O)Nc2ccc(NC(=O)C(C)n3cncn3)cc2)c1. The van der Waals surface area contributed by atoms with Gasteiger partial charge in [0, 0.05) is 23.0 Å². The molecule has 2 aromatic carbocycles. The molecule has 1 unspecified atom stereocenters. The van der Waals surface area contributed by atoms with Crippen molar-refractivity contribution in [3.05, 3.63) is 66.8 Å². The van der Waals surface area contributed by atoms with Gasteiger partial charge < -0.3 is 20.1 Å². The Kier molecular flexibility index (Phi) is 7.00. The van der Waals surface area contributed by atoms with Gasteiger partial charge in [-0.3, -0.25) is 9.59 Å². The van der Waals surface area contributed by atoms with Crippen LogP contribution in [0.15, 0.2) is 61.2 Å². The minimum atomic E-state index is -0.499. The summed E-state index contributed by atoms with van der Waals surface area (Å²) in [5.41, 5.74) is 1.91. The number of methoxy groups -OCH3 is 2. The summed E-state index contributed by atoms with van der Waals surface area (Å²) in [5, 5.41) is 9.53. The second-order valence-electron chi connectivity index (χ2n) is 6.55. The van der Waals surface area contributed by atoms with E-state index in [1.54, 1.807) is 69.7 Å². The molecular formula is C22H23N5O4. The first-order chi connectivity index (χ1) is 15.0. The van der Waals surface area contributed by atoms with E-state index in [2.05, 4.69) is 20.7 Å². The number of aromatic nitrogens is 3. The largest absolute Gasteiger partial charge is 0.497 e. The number of ether oxygens (including phenoxy) is 2. The minimum Gasteiger partial charge on any atom is -0.497 e. The van der Waals surface area contributed by atoms with Crippen LogP contribution in [-0.2, 0) is 9.59 Å². The number of carbonyl (C=O) groups is 2. The van der Waals surface area contributed by atoms with Gasteiger partial charge in [-0.15, -0.1) is 0 Å². The van der Waals surface area contributed by atoms with Crippen molar-refractivity contribution in [3.63, 3.8) is 0 Å². The molecule has 0 bridgehead atoms. The highest BCUT2D eigenvalue weighted by molar-refractivity contribution is 6.02. The zero-order valence-electron chi connectivity index (χ0n) is 17.4. The lowest BCUT2D eigenvalue weighted by molar-refractivity contribution is -0.119. The Morgan fingerprint density at radius 2 is 1.74 bits per heavy atom. The van der Waals surface area contributed by atoms with E-state index in [9.17, 15) is 9.59 Å². The van der Waals surface area contributed by atoms with Crippen LogP contribution in [-0.4, -0.2) is 40.8 Å². The Morgan fingerprint density at radius 1 is 1.03 bits per heavy atom. The van der Waals surface area contributed by atoms with Crippen LogP contribution in [0.3, 0.4) is 0 Å². The van der Waals surface area contributed by atoms with Gasteiger partial charge in [-0.05, 0) is 55.5 Å². The number of carbonyl (C=O) groups excluding carboxylic acids is 2. The van der Waals surface area contributed by atoms with Crippen LogP contribution in [0.1, 0.15) is 18.5 Å². The molecule has 0 spiro atoms. The Morgan fingerprint density at radius 3 is 2.35 bits per heavy atom. The molecule has 3 aromatic rings. The number of nitrogens with one attached hydrogen (secondary N) is 2. The van der Waals surface area contributed by atoms with Gasteiger partial charge in [-0.2, -0.15) is 5.10 Å². The molecular weight excluding hydrogens is 398 g/mol. The Hall–Kier alpha value is -4.14. The molecule has 9 nitrogen and oxygen atoms in total. The molecule has 31 heavy (non-hydrogen) atoms. The maximum Gasteiger partial charge on any atom is 0.249 e. The molecule has 0 aliphatic rings. The molecule has 0 radical (unpaired) electrons. The summed E-state index contributed by atoms with van der Waals surface area (Å²) in [6.07, 6.45) is 5.92. The summed E-state index contributed by atoms with van der Waals surface area (Å²) in [4.78, 5) is 28.4. The minimum absolute atomic E-state index is 0.225. The third-order valence-electron chi connectivity index (χ3n) is 4.48. The second kappa shape index (κ2) is 10.1. The van der Waals surface area contributed by atoms with E-state index in [0.29, 0.717) is 22.9 Å². The lowest BCUT2D eigenvalue weighted by Crippen LogP contribution is -2.24. The highest BCUT2D eigenvalue weighted by Gasteiger charge is 2.15. The van der Waals surface area contributed by atoms with Crippen molar-refractivity contribution in [2.45, 2.75) is 13.0 Å². The van der Waals surface area contributed by atoms with Crippen molar-refractivity contribution in [1.82, 2.24) is 14.8 Å². The quantitative estimate of drug-likeness (QED) is 0.541. The van der Waals surface area contributed by atoms with Crippen LogP contribution in [0.25, 0.3) is 6.08 Å². The molecule has 160 valence electrons. The molecule has 0 saturated heterocycles. The topological polar surface area (TPSA) is 107 Å². The summed E-state index contributed by atoms with van der Waals surface area (Å²) in [6.45, 7) is 1.72. The predicted octanol–water partition coefficient (Wildman–Crippen LogP) is 3.15. The number of rotatable bonds is 8. The highest BCUT2D eigenvalue weighted by Crippen LogP contribution is 2.25. The Balaban J connectivity index is 1.59. The molecule has 0 aliphatic carbocycles. The lowest BCUT2D eigenvalue weighted by Gasteiger charge is -2.12. The van der Waals surface area contributed by atoms with E-state index in [4.69, 9.17) is 9.47 Å². The summed E-state index contributed by atoms with van der Waals surface area (Å²) < 4.78 is 12.0. The van der Waals surface area contributed by atoms with Crippen molar-refractivity contribution in [2.24, 2.45) is 0 Å². The van der Waals surface area contributed by atoms with Gasteiger partial charge in [-0.1, -0.05) is 0 Å². The fourth-order valence-corrected chi connectivity index (χ4v) is 2.74. The van der Waals surface area contributed by atoms with E-state index in [1.165, 1.54) is 23.4 Å². The first-order valence-electron chi connectivity index (χ1n) is 9.46. The molecule has 3 rings (SSSR count). The Bertz CT molecular complexity index is 1060. The van der Waals surface area contributed by atoms with Crippen LogP contribution in [0, 0.1) is 0 Å². The zero-order valence-corrected chi connectivity index (χ0v) is 17.4. The summed E-state index contributed by atoms with van der Waals surface area (Å²) in [7, 11) is 3.13. The average molecular weight is 421 g/mol. The van der Waals surface area contributed by atoms with Crippen molar-refractivity contribution >= 4 is 29.3 Å². The van der Waals surface area contributed by atoms with Gasteiger partial charge >= 0.3 is 0 Å². The maximum absolute atomic E-state index is 12.3. The number of benzene rings is 2. The monoisotopic (exact) mass is 421 g/mol. The molecule has 9 heteroatoms. The van der Waals surface area contributed by atoms with E-state index in [0.717, 1.165) is 5.56 Å². The first-order valence-corrected chi connectivity index (χ1v) is 9.46.